The number of carbonyl (C=O) groups excluding carboxylic acids is 1. The van der Waals surface area contributed by atoms with Crippen LogP contribution in [0.25, 0.3) is 0 Å². The second-order valence-electron chi connectivity index (χ2n) is 5.53. The fourth-order valence-electron chi connectivity index (χ4n) is 3.09. The van der Waals surface area contributed by atoms with Crippen molar-refractivity contribution in [2.75, 3.05) is 13.1 Å². The van der Waals surface area contributed by atoms with Crippen LogP contribution in [-0.4, -0.2) is 48.7 Å². The minimum Gasteiger partial charge on any atom is -0.337 e. The van der Waals surface area contributed by atoms with Crippen molar-refractivity contribution in [3.63, 3.8) is 0 Å². The second kappa shape index (κ2) is 5.06. The summed E-state index contributed by atoms with van der Waals surface area (Å²) in [4.78, 5) is 14.1. The molecule has 2 atom stereocenters. The largest absolute Gasteiger partial charge is 0.337 e. The van der Waals surface area contributed by atoms with Crippen molar-refractivity contribution in [1.29, 1.82) is 0 Å². The highest BCUT2D eigenvalue weighted by Gasteiger charge is 2.45. The topological polar surface area (TPSA) is 57.7 Å². The lowest BCUT2D eigenvalue weighted by Crippen LogP contribution is -2.59. The standard InChI is InChI=1S/C14H17FN2O3S/c1-10-14(18)16-8-2-3-12(16)9-17(10)21(19,20)13-6-4-11(15)5-7-13/h4-7,10,12H,2-3,8-9H2,1H3/t10-,12+/m1/s1. The third kappa shape index (κ3) is 2.34. The molecule has 7 heteroatoms. The highest BCUT2D eigenvalue weighted by molar-refractivity contribution is 7.89. The van der Waals surface area contributed by atoms with Crippen LogP contribution in [0.4, 0.5) is 4.39 Å². The van der Waals surface area contributed by atoms with Gasteiger partial charge in [0.2, 0.25) is 15.9 Å². The molecular formula is C14H17FN2O3S. The molecule has 2 fully saturated rings. The van der Waals surface area contributed by atoms with Gasteiger partial charge in [-0.25, -0.2) is 12.8 Å². The van der Waals surface area contributed by atoms with Crippen molar-refractivity contribution in [2.24, 2.45) is 0 Å². The van der Waals surface area contributed by atoms with Crippen LogP contribution in [0.1, 0.15) is 19.8 Å². The third-order valence-corrected chi connectivity index (χ3v) is 6.21. The first-order chi connectivity index (χ1) is 9.91. The van der Waals surface area contributed by atoms with Crippen LogP contribution in [0.15, 0.2) is 29.2 Å². The molecule has 21 heavy (non-hydrogen) atoms. The number of carbonyl (C=O) groups is 1. The summed E-state index contributed by atoms with van der Waals surface area (Å²) in [6.07, 6.45) is 1.74. The molecule has 5 nitrogen and oxygen atoms in total. The van der Waals surface area contributed by atoms with E-state index in [4.69, 9.17) is 0 Å². The van der Waals surface area contributed by atoms with Gasteiger partial charge in [0.1, 0.15) is 11.9 Å². The lowest BCUT2D eigenvalue weighted by molar-refractivity contribution is -0.139. The van der Waals surface area contributed by atoms with E-state index >= 15 is 0 Å². The van der Waals surface area contributed by atoms with Gasteiger partial charge in [-0.05, 0) is 44.0 Å². The van der Waals surface area contributed by atoms with E-state index in [2.05, 4.69) is 0 Å². The molecule has 0 saturated carbocycles. The van der Waals surface area contributed by atoms with Crippen LogP contribution in [0.3, 0.4) is 0 Å². The van der Waals surface area contributed by atoms with Crippen LogP contribution in [0.2, 0.25) is 0 Å². The van der Waals surface area contributed by atoms with E-state index in [0.29, 0.717) is 13.1 Å². The number of nitrogens with zero attached hydrogens (tertiary/aromatic N) is 2. The smallest absolute Gasteiger partial charge is 0.243 e. The summed E-state index contributed by atoms with van der Waals surface area (Å²) in [6.45, 7) is 2.63. The first-order valence-corrected chi connectivity index (χ1v) is 8.43. The monoisotopic (exact) mass is 312 g/mol. The van der Waals surface area contributed by atoms with E-state index in [1.807, 2.05) is 0 Å². The molecule has 0 spiro atoms. The molecule has 2 aliphatic rings. The third-order valence-electron chi connectivity index (χ3n) is 4.26. The van der Waals surface area contributed by atoms with E-state index in [9.17, 15) is 17.6 Å². The normalized spacial score (nSPS) is 27.0. The molecule has 0 aliphatic carbocycles. The van der Waals surface area contributed by atoms with Gasteiger partial charge in [-0.3, -0.25) is 4.79 Å². The molecule has 0 bridgehead atoms. The van der Waals surface area contributed by atoms with Crippen LogP contribution in [-0.2, 0) is 14.8 Å². The van der Waals surface area contributed by atoms with Crippen LogP contribution in [0, 0.1) is 5.82 Å². The van der Waals surface area contributed by atoms with Gasteiger partial charge in [-0.1, -0.05) is 0 Å². The number of fused-ring (bicyclic) bond motifs is 1. The lowest BCUT2D eigenvalue weighted by atomic mass is 10.1. The van der Waals surface area contributed by atoms with Gasteiger partial charge in [0.25, 0.3) is 0 Å². The van der Waals surface area contributed by atoms with E-state index in [0.717, 1.165) is 25.0 Å². The summed E-state index contributed by atoms with van der Waals surface area (Å²) < 4.78 is 39.6. The molecule has 3 rings (SSSR count). The van der Waals surface area contributed by atoms with Gasteiger partial charge in [-0.15, -0.1) is 0 Å². The van der Waals surface area contributed by atoms with E-state index < -0.39 is 21.9 Å². The molecule has 1 aromatic rings. The SMILES string of the molecule is C[C@@H]1C(=O)N2CCC[C@H]2CN1S(=O)(=O)c1ccc(F)cc1. The molecule has 114 valence electrons. The number of halogens is 1. The fraction of sp³-hybridized carbons (Fsp3) is 0.500. The number of benzene rings is 1. The van der Waals surface area contributed by atoms with Crippen molar-refractivity contribution in [3.05, 3.63) is 30.1 Å². The minimum atomic E-state index is -3.78. The summed E-state index contributed by atoms with van der Waals surface area (Å²) >= 11 is 0. The molecule has 1 amide bonds. The van der Waals surface area contributed by atoms with Crippen molar-refractivity contribution in [3.8, 4) is 0 Å². The highest BCUT2D eigenvalue weighted by atomic mass is 32.2. The predicted molar refractivity (Wildman–Crippen MR) is 74.5 cm³/mol. The summed E-state index contributed by atoms with van der Waals surface area (Å²) in [6, 6.07) is 3.96. The Morgan fingerprint density at radius 3 is 2.57 bits per heavy atom. The molecule has 2 heterocycles. The zero-order chi connectivity index (χ0) is 15.2. The molecule has 0 radical (unpaired) electrons. The van der Waals surface area contributed by atoms with Crippen LogP contribution < -0.4 is 0 Å². The number of hydrogen-bond donors (Lipinski definition) is 0. The molecule has 1 aromatic carbocycles. The molecule has 2 aliphatic heterocycles. The Morgan fingerprint density at radius 2 is 1.90 bits per heavy atom. The van der Waals surface area contributed by atoms with Gasteiger partial charge in [0.05, 0.1) is 4.90 Å². The quantitative estimate of drug-likeness (QED) is 0.825. The zero-order valence-corrected chi connectivity index (χ0v) is 12.5. The molecule has 2 saturated heterocycles. The Morgan fingerprint density at radius 1 is 1.24 bits per heavy atom. The van der Waals surface area contributed by atoms with Crippen LogP contribution >= 0.6 is 0 Å². The van der Waals surface area contributed by atoms with E-state index in [1.54, 1.807) is 11.8 Å². The van der Waals surface area contributed by atoms with Crippen molar-refractivity contribution in [2.45, 2.75) is 36.7 Å². The first-order valence-electron chi connectivity index (χ1n) is 6.99. The Bertz CT molecular complexity index is 659. The fourth-order valence-corrected chi connectivity index (χ4v) is 4.72. The van der Waals surface area contributed by atoms with Gasteiger partial charge >= 0.3 is 0 Å². The maximum Gasteiger partial charge on any atom is 0.243 e. The van der Waals surface area contributed by atoms with Gasteiger partial charge in [-0.2, -0.15) is 4.31 Å². The number of hydrogen-bond acceptors (Lipinski definition) is 3. The Labute approximate surface area is 123 Å². The Balaban J connectivity index is 1.94. The molecule has 0 unspecified atom stereocenters. The summed E-state index contributed by atoms with van der Waals surface area (Å²) in [7, 11) is -3.78. The number of sulfonamides is 1. The van der Waals surface area contributed by atoms with Crippen molar-refractivity contribution >= 4 is 15.9 Å². The molecule has 0 N–H and O–H groups in total. The highest BCUT2D eigenvalue weighted by Crippen LogP contribution is 2.29. The second-order valence-corrected chi connectivity index (χ2v) is 7.42. The Hall–Kier alpha value is -1.47. The summed E-state index contributed by atoms with van der Waals surface area (Å²) in [5.41, 5.74) is 0. The molecular weight excluding hydrogens is 295 g/mol. The predicted octanol–water partition coefficient (Wildman–Crippen LogP) is 1.21. The summed E-state index contributed by atoms with van der Waals surface area (Å²) in [5.74, 6) is -0.631. The van der Waals surface area contributed by atoms with Gasteiger partial charge in [0, 0.05) is 19.1 Å². The van der Waals surface area contributed by atoms with Crippen LogP contribution in [0.5, 0.6) is 0 Å². The minimum absolute atomic E-state index is 0.0231. The van der Waals surface area contributed by atoms with E-state index in [-0.39, 0.29) is 16.8 Å². The number of rotatable bonds is 2. The maximum atomic E-state index is 13.0. The lowest BCUT2D eigenvalue weighted by Gasteiger charge is -2.40. The zero-order valence-electron chi connectivity index (χ0n) is 11.7. The van der Waals surface area contributed by atoms with Gasteiger partial charge < -0.3 is 4.90 Å². The van der Waals surface area contributed by atoms with Crippen molar-refractivity contribution < 1.29 is 17.6 Å². The average Bonchev–Trinajstić information content (AvgIpc) is 2.91. The average molecular weight is 312 g/mol. The molecule has 0 aromatic heterocycles. The first kappa shape index (κ1) is 14.5. The van der Waals surface area contributed by atoms with Gasteiger partial charge in [0.15, 0.2) is 0 Å². The number of piperazine rings is 1. The Kier molecular flexibility index (Phi) is 3.49. The van der Waals surface area contributed by atoms with Crippen molar-refractivity contribution in [1.82, 2.24) is 9.21 Å². The van der Waals surface area contributed by atoms with E-state index in [1.165, 1.54) is 16.4 Å². The maximum absolute atomic E-state index is 13.0. The number of amides is 1. The summed E-state index contributed by atoms with van der Waals surface area (Å²) in [5, 5.41) is 0.